The van der Waals surface area contributed by atoms with Crippen molar-refractivity contribution in [3.63, 3.8) is 0 Å². The second kappa shape index (κ2) is 75.4. The van der Waals surface area contributed by atoms with E-state index >= 15 is 0 Å². The topological polar surface area (TPSA) is 222 Å². The minimum absolute atomic E-state index is 0.00866. The molecule has 0 radical (unpaired) electrons. The fourth-order valence-electron chi connectivity index (χ4n) is 26.3. The zero-order valence-corrected chi connectivity index (χ0v) is 98.7. The zero-order valence-electron chi connectivity index (χ0n) is 98.7. The molecule has 0 aliphatic heterocycles. The quantitative estimate of drug-likeness (QED) is 0.0259. The summed E-state index contributed by atoms with van der Waals surface area (Å²) in [5, 5.41) is 74.5. The van der Waals surface area contributed by atoms with Crippen LogP contribution in [0.3, 0.4) is 0 Å². The van der Waals surface area contributed by atoms with Gasteiger partial charge in [0.15, 0.2) is 17.3 Å². The smallest absolute Gasteiger partial charge is 0.192 e. The van der Waals surface area contributed by atoms with E-state index in [-0.39, 0.29) is 11.6 Å². The molecule has 0 aromatic carbocycles. The molecule has 22 unspecified atom stereocenters. The van der Waals surface area contributed by atoms with Crippen LogP contribution in [0.4, 0.5) is 0 Å². The van der Waals surface area contributed by atoms with Crippen LogP contribution >= 0.6 is 0 Å². The van der Waals surface area contributed by atoms with Gasteiger partial charge in [-0.2, -0.15) is 0 Å². The molecule has 0 bridgehead atoms. The molecule has 0 aromatic heterocycles. The molecule has 12 heteroatoms. The number of hydrogen-bond acceptors (Lipinski definition) is 12. The number of hydrogen-bond donors (Lipinski definition) is 8. The van der Waals surface area contributed by atoms with Crippen molar-refractivity contribution in [3.05, 3.63) is 48.6 Å². The van der Waals surface area contributed by atoms with E-state index in [4.69, 9.17) is 30.3 Å². The fourth-order valence-corrected chi connectivity index (χ4v) is 26.3. The van der Waals surface area contributed by atoms with Crippen LogP contribution < -0.4 is 0 Å². The van der Waals surface area contributed by atoms with Crippen molar-refractivity contribution in [1.82, 2.24) is 0 Å². The van der Waals surface area contributed by atoms with Gasteiger partial charge in [-0.15, -0.1) is 0 Å². The summed E-state index contributed by atoms with van der Waals surface area (Å²) in [5.74, 6) is 22.4. The van der Waals surface area contributed by atoms with Crippen LogP contribution in [-0.2, 0) is 19.1 Å². The summed E-state index contributed by atoms with van der Waals surface area (Å²) < 4.78 is 5.10. The highest BCUT2D eigenvalue weighted by molar-refractivity contribution is 5.90. The molecule has 12 nitrogen and oxygen atoms in total. The summed E-state index contributed by atoms with van der Waals surface area (Å²) in [6.07, 6.45) is 92.8. The fraction of sp³-hybridized carbons (Fsp3) is 0.915. The molecule has 0 saturated heterocycles. The third-order valence-electron chi connectivity index (χ3n) is 35.6. The first kappa shape index (κ1) is 137. The van der Waals surface area contributed by atoms with Gasteiger partial charge >= 0.3 is 0 Å². The minimum Gasteiger partial charge on any atom is -0.388 e. The average Bonchev–Trinajstić information content (AvgIpc) is 1.69. The number of ether oxygens (including phenoxy) is 1. The van der Waals surface area contributed by atoms with Crippen LogP contribution in [0.5, 0.6) is 0 Å². The molecule has 0 aromatic rings. The summed E-state index contributed by atoms with van der Waals surface area (Å²) in [4.78, 5) is 33.5. The van der Waals surface area contributed by atoms with E-state index in [0.717, 1.165) is 221 Å². The number of rotatable bonds is 29. The van der Waals surface area contributed by atoms with Crippen LogP contribution in [0.15, 0.2) is 48.6 Å². The molecule has 0 heterocycles. The van der Waals surface area contributed by atoms with Crippen molar-refractivity contribution < 1.29 is 60.0 Å². The molecule has 22 atom stereocenters. The Morgan fingerprint density at radius 1 is 0.326 bits per heavy atom. The van der Waals surface area contributed by atoms with Crippen LogP contribution in [0.25, 0.3) is 0 Å². The largest absolute Gasteiger partial charge is 0.388 e. The number of aliphatic hydroxyl groups is 8. The third kappa shape index (κ3) is 59.3. The molecule has 8 N–H and O–H groups in total. The number of carbonyl (C=O) groups excluding carboxylic acids is 3. The third-order valence-corrected chi connectivity index (χ3v) is 35.6. The number of Topliss-reactive ketones (excluding diaryl/α,β-unsaturated/α-hetero) is 3. The SMILES string of the molecule is CC1CCCC2C=CCC12.CC1CCCC2CCCC12.CC1CCCC2CCCC12.CC1CCCC2CCCC12.CC1CCCC2CCCC12.CC1CCCC2CCCC12.CC1CCCC2CCCC12.CCCC(O)C(=O)C(C)(C)O.CCCC=CC(C)(C)O.CCCC=CC(C)(C)O.CCCC=CC(O)(CC)CC.CCCCC(=O)C(C)(C)O.CCCCC(=O)C(O)(CC)CC.CCCOCC(C)(C)O. The summed E-state index contributed by atoms with van der Waals surface area (Å²) in [7, 11) is 0. The number of allylic oxidation sites excluding steroid dienone is 5. The van der Waals surface area contributed by atoms with Crippen LogP contribution in [0.2, 0.25) is 0 Å². The van der Waals surface area contributed by atoms with Gasteiger partial charge in [0.2, 0.25) is 0 Å². The molecule has 0 amide bonds. The highest BCUT2D eigenvalue weighted by atomic mass is 16.5. The lowest BCUT2D eigenvalue weighted by Crippen LogP contribution is -2.39. The number of unbranched alkanes of at least 4 members (excludes halogenated alkanes) is 5. The lowest BCUT2D eigenvalue weighted by atomic mass is 9.74. The summed E-state index contributed by atoms with van der Waals surface area (Å²) in [6.45, 7) is 56.9. The van der Waals surface area contributed by atoms with Gasteiger partial charge in [0, 0.05) is 19.4 Å². The van der Waals surface area contributed by atoms with E-state index in [1.165, 1.54) is 169 Å². The van der Waals surface area contributed by atoms with E-state index in [1.807, 2.05) is 85.8 Å². The van der Waals surface area contributed by atoms with Crippen molar-refractivity contribution in [1.29, 1.82) is 0 Å². The van der Waals surface area contributed by atoms with Crippen LogP contribution in [-0.4, -0.2) is 117 Å². The summed E-state index contributed by atoms with van der Waals surface area (Å²) in [5.41, 5.74) is -6.06. The Kier molecular flexibility index (Phi) is 73.0. The van der Waals surface area contributed by atoms with Gasteiger partial charge in [-0.05, 0) is 316 Å². The number of aliphatic hydroxyl groups excluding tert-OH is 1. The number of ketones is 3. The molecule has 141 heavy (non-hydrogen) atoms. The van der Waals surface area contributed by atoms with Gasteiger partial charge in [-0.1, -0.05) is 417 Å². The maximum atomic E-state index is 11.4. The number of fused-ring (bicyclic) bond motifs is 7. The first-order chi connectivity index (χ1) is 66.5. The normalized spacial score (nSPS) is 29.6. The molecule has 14 rings (SSSR count). The van der Waals surface area contributed by atoms with E-state index in [9.17, 15) is 29.7 Å². The highest BCUT2D eigenvalue weighted by Gasteiger charge is 2.41. The van der Waals surface area contributed by atoms with Crippen molar-refractivity contribution in [2.45, 2.75) is 618 Å². The molecule has 13 fully saturated rings. The Bertz CT molecular complexity index is 2900. The van der Waals surface area contributed by atoms with Gasteiger partial charge in [-0.3, -0.25) is 14.4 Å². The summed E-state index contributed by atoms with van der Waals surface area (Å²) in [6, 6.07) is 0. The first-order valence-corrected chi connectivity index (χ1v) is 61.1. The maximum absolute atomic E-state index is 11.4. The van der Waals surface area contributed by atoms with Crippen LogP contribution in [0, 0.1) is 124 Å². The van der Waals surface area contributed by atoms with Crippen LogP contribution in [0.1, 0.15) is 573 Å². The Morgan fingerprint density at radius 3 is 0.830 bits per heavy atom. The molecular formula is C129H244O12. The summed E-state index contributed by atoms with van der Waals surface area (Å²) >= 11 is 0. The van der Waals surface area contributed by atoms with E-state index in [1.54, 1.807) is 157 Å². The van der Waals surface area contributed by atoms with Gasteiger partial charge in [0.25, 0.3) is 0 Å². The lowest BCUT2D eigenvalue weighted by Gasteiger charge is -2.31. The maximum Gasteiger partial charge on any atom is 0.192 e. The van der Waals surface area contributed by atoms with Crippen molar-refractivity contribution in [2.75, 3.05) is 13.2 Å². The molecular weight excluding hydrogens is 1740 g/mol. The Labute approximate surface area is 876 Å². The average molecular weight is 1990 g/mol. The van der Waals surface area contributed by atoms with Crippen molar-refractivity contribution in [3.8, 4) is 0 Å². The first-order valence-electron chi connectivity index (χ1n) is 61.1. The lowest BCUT2D eigenvalue weighted by molar-refractivity contribution is -0.143. The standard InChI is InChI=1S/C10H20O2.C10H20O.6C10H18.C10H16.C8H16O3.C8H16O2.2C8H16O.C7H16O2/c1-4-7-8-9(11)10(12,5-2)6-3;1-4-7-8-9-10(11,5-2)6-3;7*1-8-4-2-5-9-6-3-7-10(8)9;1-4-5-6(9)7(10)8(2,3)11;1-4-5-6-7(9)8(2,3)10;2*1-4-5-6-7-8(2,3)9;1-4-5-9-6-7(2,3)8/h12H,4-8H2,1-3H3;8-9,11H,4-7H2,1-3H3;6*8-10H,2-7H2,1H3;3,6,8-10H,2,4-5,7H2,1H3;6,9,11H,4-5H2,1-3H3;10H,4-6H2,1-3H3;2*6-7,9H,4-5H2,1-3H3;8H,4-6H2,1-3H3. The molecule has 832 valence electrons. The van der Waals surface area contributed by atoms with Gasteiger partial charge < -0.3 is 45.6 Å². The highest BCUT2D eigenvalue weighted by Crippen LogP contribution is 2.51. The van der Waals surface area contributed by atoms with Crippen molar-refractivity contribution >= 4 is 17.3 Å². The second-order valence-electron chi connectivity index (χ2n) is 50.6. The van der Waals surface area contributed by atoms with E-state index in [2.05, 4.69) is 87.5 Å². The van der Waals surface area contributed by atoms with Crippen molar-refractivity contribution in [2.24, 2.45) is 124 Å². The number of carbonyl (C=O) groups is 3. The second-order valence-corrected chi connectivity index (χ2v) is 50.6. The molecule has 14 aliphatic rings. The monoisotopic (exact) mass is 1990 g/mol. The van der Waals surface area contributed by atoms with E-state index < -0.39 is 51.1 Å². The molecule has 14 aliphatic carbocycles. The Morgan fingerprint density at radius 2 is 0.603 bits per heavy atom. The van der Waals surface area contributed by atoms with Gasteiger partial charge in [0.1, 0.15) is 22.9 Å². The predicted octanol–water partition coefficient (Wildman–Crippen LogP) is 34.9. The van der Waals surface area contributed by atoms with Gasteiger partial charge in [0.05, 0.1) is 29.0 Å². The van der Waals surface area contributed by atoms with Gasteiger partial charge in [-0.25, -0.2) is 0 Å². The zero-order chi connectivity index (χ0) is 106. The Hall–Kier alpha value is -2.39. The predicted molar refractivity (Wildman–Crippen MR) is 608 cm³/mol. The molecule has 0 spiro atoms. The molecule has 13 saturated carbocycles. The minimum atomic E-state index is -1.41. The van der Waals surface area contributed by atoms with E-state index in [0.29, 0.717) is 38.7 Å². The Balaban J connectivity index is 0.000000760.